The number of unbranched alkanes of at least 4 members (excludes halogenated alkanes) is 2. The molecule has 0 heterocycles. The van der Waals surface area contributed by atoms with Gasteiger partial charge in [0.2, 0.25) is 0 Å². The van der Waals surface area contributed by atoms with Crippen LogP contribution in [0.15, 0.2) is 54.7 Å². The zero-order chi connectivity index (χ0) is 15.8. The van der Waals surface area contributed by atoms with Gasteiger partial charge in [-0.15, -0.1) is 0 Å². The van der Waals surface area contributed by atoms with Crippen molar-refractivity contribution in [3.8, 4) is 0 Å². The average molecular weight is 295 g/mol. The molecule has 0 saturated carbocycles. The molecule has 0 aliphatic rings. The lowest BCUT2D eigenvalue weighted by Gasteiger charge is -2.05. The van der Waals surface area contributed by atoms with Gasteiger partial charge in [-0.1, -0.05) is 56.2 Å². The van der Waals surface area contributed by atoms with Gasteiger partial charge in [-0.25, -0.2) is 0 Å². The van der Waals surface area contributed by atoms with Crippen molar-refractivity contribution in [1.29, 1.82) is 0 Å². The molecule has 2 aromatic rings. The summed E-state index contributed by atoms with van der Waals surface area (Å²) < 4.78 is 0. The van der Waals surface area contributed by atoms with E-state index in [1.54, 1.807) is 6.07 Å². The standard InChI is InChI=1S/C19H21NO2/c1-2-3-4-10-16(21)13-14-20-19(22)18-12-7-9-15-8-5-6-11-17(15)18/h5-9,11-14H,2-4,10H2,1H3,(H,20,22)/b14-13-. The molecule has 0 bridgehead atoms. The maximum atomic E-state index is 12.2. The Balaban J connectivity index is 1.98. The van der Waals surface area contributed by atoms with Crippen LogP contribution in [0.5, 0.6) is 0 Å². The predicted molar refractivity (Wildman–Crippen MR) is 89.7 cm³/mol. The first-order valence-corrected chi connectivity index (χ1v) is 7.70. The molecule has 0 radical (unpaired) electrons. The molecule has 3 heteroatoms. The topological polar surface area (TPSA) is 46.2 Å². The number of benzene rings is 2. The predicted octanol–water partition coefficient (Wildman–Crippen LogP) is 4.23. The zero-order valence-corrected chi connectivity index (χ0v) is 12.8. The lowest BCUT2D eigenvalue weighted by Crippen LogP contribution is -2.17. The van der Waals surface area contributed by atoms with Crippen molar-refractivity contribution in [2.75, 3.05) is 0 Å². The summed E-state index contributed by atoms with van der Waals surface area (Å²) in [5.41, 5.74) is 0.612. The van der Waals surface area contributed by atoms with E-state index in [2.05, 4.69) is 12.2 Å². The largest absolute Gasteiger partial charge is 0.328 e. The maximum Gasteiger partial charge on any atom is 0.255 e. The first kappa shape index (κ1) is 16.0. The molecule has 22 heavy (non-hydrogen) atoms. The van der Waals surface area contributed by atoms with E-state index in [-0.39, 0.29) is 11.7 Å². The van der Waals surface area contributed by atoms with Crippen LogP contribution in [0.2, 0.25) is 0 Å². The Morgan fingerprint density at radius 1 is 1.05 bits per heavy atom. The molecule has 2 rings (SSSR count). The summed E-state index contributed by atoms with van der Waals surface area (Å²) >= 11 is 0. The molecule has 1 amide bonds. The van der Waals surface area contributed by atoms with Crippen molar-refractivity contribution >= 4 is 22.5 Å². The highest BCUT2D eigenvalue weighted by Gasteiger charge is 2.07. The van der Waals surface area contributed by atoms with Crippen LogP contribution in [0.25, 0.3) is 10.8 Å². The van der Waals surface area contributed by atoms with Gasteiger partial charge in [0.05, 0.1) is 0 Å². The second-order valence-electron chi connectivity index (χ2n) is 5.26. The van der Waals surface area contributed by atoms with Crippen molar-refractivity contribution in [3.63, 3.8) is 0 Å². The second-order valence-corrected chi connectivity index (χ2v) is 5.26. The van der Waals surface area contributed by atoms with Crippen molar-refractivity contribution in [2.24, 2.45) is 0 Å². The molecule has 0 aromatic heterocycles. The van der Waals surface area contributed by atoms with E-state index in [1.807, 2.05) is 36.4 Å². The number of fused-ring (bicyclic) bond motifs is 1. The Labute approximate surface area is 131 Å². The Kier molecular flexibility index (Phi) is 5.90. The van der Waals surface area contributed by atoms with E-state index >= 15 is 0 Å². The van der Waals surface area contributed by atoms with Crippen LogP contribution >= 0.6 is 0 Å². The smallest absolute Gasteiger partial charge is 0.255 e. The summed E-state index contributed by atoms with van der Waals surface area (Å²) in [5.74, 6) is -0.152. The van der Waals surface area contributed by atoms with Gasteiger partial charge >= 0.3 is 0 Å². The molecule has 0 fully saturated rings. The normalized spacial score (nSPS) is 11.0. The SMILES string of the molecule is CCCCCC(=O)/C=C\NC(=O)c1cccc2ccccc12. The van der Waals surface area contributed by atoms with Crippen LogP contribution in [0, 0.1) is 0 Å². The number of rotatable bonds is 7. The van der Waals surface area contributed by atoms with Crippen LogP contribution in [-0.4, -0.2) is 11.7 Å². The monoisotopic (exact) mass is 295 g/mol. The van der Waals surface area contributed by atoms with E-state index in [9.17, 15) is 9.59 Å². The van der Waals surface area contributed by atoms with E-state index < -0.39 is 0 Å². The highest BCUT2D eigenvalue weighted by molar-refractivity contribution is 6.07. The Morgan fingerprint density at radius 2 is 1.82 bits per heavy atom. The lowest BCUT2D eigenvalue weighted by molar-refractivity contribution is -0.114. The van der Waals surface area contributed by atoms with E-state index in [4.69, 9.17) is 0 Å². The second kappa shape index (κ2) is 8.13. The Hall–Kier alpha value is -2.42. The van der Waals surface area contributed by atoms with Gasteiger partial charge in [0.1, 0.15) is 0 Å². The van der Waals surface area contributed by atoms with Gasteiger partial charge in [0, 0.05) is 18.2 Å². The number of carbonyl (C=O) groups excluding carboxylic acids is 2. The molecule has 0 spiro atoms. The summed E-state index contributed by atoms with van der Waals surface area (Å²) in [7, 11) is 0. The summed E-state index contributed by atoms with van der Waals surface area (Å²) in [6.45, 7) is 2.10. The summed E-state index contributed by atoms with van der Waals surface area (Å²) in [6.07, 6.45) is 6.47. The third-order valence-corrected chi connectivity index (χ3v) is 3.54. The van der Waals surface area contributed by atoms with Crippen LogP contribution in [0.1, 0.15) is 43.0 Å². The molecule has 0 aliphatic carbocycles. The third-order valence-electron chi connectivity index (χ3n) is 3.54. The van der Waals surface area contributed by atoms with E-state index in [1.165, 1.54) is 12.3 Å². The number of ketones is 1. The summed E-state index contributed by atoms with van der Waals surface area (Å²) in [4.78, 5) is 23.8. The minimum atomic E-state index is -0.200. The Morgan fingerprint density at radius 3 is 2.64 bits per heavy atom. The molecule has 0 unspecified atom stereocenters. The fraction of sp³-hybridized carbons (Fsp3) is 0.263. The first-order valence-electron chi connectivity index (χ1n) is 7.70. The van der Waals surface area contributed by atoms with Crippen molar-refractivity contribution in [2.45, 2.75) is 32.6 Å². The highest BCUT2D eigenvalue weighted by Crippen LogP contribution is 2.18. The summed E-state index contributed by atoms with van der Waals surface area (Å²) in [5, 5.41) is 4.60. The third kappa shape index (κ3) is 4.29. The molecule has 0 aliphatic heterocycles. The van der Waals surface area contributed by atoms with Crippen molar-refractivity contribution in [1.82, 2.24) is 5.32 Å². The summed E-state index contributed by atoms with van der Waals surface area (Å²) in [6, 6.07) is 13.4. The van der Waals surface area contributed by atoms with Gasteiger partial charge in [0.25, 0.3) is 5.91 Å². The highest BCUT2D eigenvalue weighted by atomic mass is 16.1. The number of carbonyl (C=O) groups is 2. The minimum absolute atomic E-state index is 0.0478. The van der Waals surface area contributed by atoms with Gasteiger partial charge in [-0.2, -0.15) is 0 Å². The molecule has 1 N–H and O–H groups in total. The van der Waals surface area contributed by atoms with Gasteiger partial charge in [-0.05, 0) is 29.3 Å². The number of hydrogen-bond acceptors (Lipinski definition) is 2. The van der Waals surface area contributed by atoms with Gasteiger partial charge in [0.15, 0.2) is 5.78 Å². The van der Waals surface area contributed by atoms with Gasteiger partial charge < -0.3 is 5.32 Å². The van der Waals surface area contributed by atoms with Crippen LogP contribution in [0.3, 0.4) is 0 Å². The van der Waals surface area contributed by atoms with Crippen LogP contribution in [-0.2, 0) is 4.79 Å². The minimum Gasteiger partial charge on any atom is -0.328 e. The van der Waals surface area contributed by atoms with Crippen molar-refractivity contribution in [3.05, 3.63) is 60.3 Å². The molecular weight excluding hydrogens is 274 g/mol. The average Bonchev–Trinajstić information content (AvgIpc) is 2.54. The molecule has 0 atom stereocenters. The van der Waals surface area contributed by atoms with Crippen LogP contribution < -0.4 is 5.32 Å². The van der Waals surface area contributed by atoms with Crippen molar-refractivity contribution < 1.29 is 9.59 Å². The van der Waals surface area contributed by atoms with E-state index in [0.717, 1.165) is 30.0 Å². The molecule has 0 saturated heterocycles. The number of amides is 1. The van der Waals surface area contributed by atoms with Gasteiger partial charge in [-0.3, -0.25) is 9.59 Å². The zero-order valence-electron chi connectivity index (χ0n) is 12.8. The quantitative estimate of drug-likeness (QED) is 0.613. The fourth-order valence-electron chi connectivity index (χ4n) is 2.34. The molecule has 3 nitrogen and oxygen atoms in total. The molecular formula is C19H21NO2. The number of nitrogens with one attached hydrogen (secondary N) is 1. The maximum absolute atomic E-state index is 12.2. The lowest BCUT2D eigenvalue weighted by atomic mass is 10.0. The van der Waals surface area contributed by atoms with E-state index in [0.29, 0.717) is 12.0 Å². The first-order chi connectivity index (χ1) is 10.7. The fourth-order valence-corrected chi connectivity index (χ4v) is 2.34. The Bertz CT molecular complexity index is 683. The molecule has 114 valence electrons. The molecule has 2 aromatic carbocycles. The van der Waals surface area contributed by atoms with Crippen LogP contribution in [0.4, 0.5) is 0 Å². The number of allylic oxidation sites excluding steroid dienone is 1. The number of hydrogen-bond donors (Lipinski definition) is 1.